The van der Waals surface area contributed by atoms with E-state index in [2.05, 4.69) is 9.97 Å². The first-order valence-corrected chi connectivity index (χ1v) is 11.1. The van der Waals surface area contributed by atoms with Crippen molar-refractivity contribution in [2.45, 2.75) is 25.6 Å². The van der Waals surface area contributed by atoms with Gasteiger partial charge in [0.25, 0.3) is 11.1 Å². The molecule has 152 valence electrons. The molecule has 0 bridgehead atoms. The second-order valence-corrected chi connectivity index (χ2v) is 8.75. The van der Waals surface area contributed by atoms with Gasteiger partial charge in [-0.1, -0.05) is 0 Å². The third-order valence-corrected chi connectivity index (χ3v) is 6.77. The number of aryl methyl sites for hydroxylation is 3. The number of hydrogen-bond acceptors (Lipinski definition) is 7. The highest BCUT2D eigenvalue weighted by Gasteiger charge is 2.14. The van der Waals surface area contributed by atoms with E-state index in [1.54, 1.807) is 40.9 Å². The second-order valence-electron chi connectivity index (χ2n) is 6.81. The van der Waals surface area contributed by atoms with E-state index in [4.69, 9.17) is 0 Å². The summed E-state index contributed by atoms with van der Waals surface area (Å²) in [7, 11) is 3.36. The zero-order chi connectivity index (χ0) is 20.7. The van der Waals surface area contributed by atoms with Crippen molar-refractivity contribution in [1.29, 1.82) is 0 Å². The summed E-state index contributed by atoms with van der Waals surface area (Å²) in [5.74, 6) is 1.35. The molecule has 0 aliphatic heterocycles. The first-order valence-electron chi connectivity index (χ1n) is 9.04. The maximum Gasteiger partial charge on any atom is 0.332 e. The number of nitrogens with zero attached hydrogens (tertiary/aromatic N) is 6. The quantitative estimate of drug-likeness (QED) is 0.424. The molecule has 4 rings (SSSR count). The lowest BCUT2D eigenvalue weighted by molar-refractivity contribution is 0.594. The molecule has 0 atom stereocenters. The van der Waals surface area contributed by atoms with E-state index in [0.717, 1.165) is 17.1 Å². The Balaban J connectivity index is 1.43. The Morgan fingerprint density at radius 3 is 2.79 bits per heavy atom. The van der Waals surface area contributed by atoms with Gasteiger partial charge in [0, 0.05) is 43.5 Å². The number of hydrogen-bond donors (Lipinski definition) is 0. The van der Waals surface area contributed by atoms with Gasteiger partial charge in [-0.3, -0.25) is 23.1 Å². The Hall–Kier alpha value is -2.66. The minimum atomic E-state index is -0.362. The highest BCUT2D eigenvalue weighted by Crippen LogP contribution is 2.15. The third-order valence-electron chi connectivity index (χ3n) is 4.75. The molecule has 0 radical (unpaired) electrons. The van der Waals surface area contributed by atoms with E-state index in [1.165, 1.54) is 26.8 Å². The Labute approximate surface area is 173 Å². The van der Waals surface area contributed by atoms with Crippen molar-refractivity contribution in [3.63, 3.8) is 0 Å². The minimum absolute atomic E-state index is 0.0659. The van der Waals surface area contributed by atoms with Crippen LogP contribution in [0.5, 0.6) is 0 Å². The molecule has 4 aromatic heterocycles. The van der Waals surface area contributed by atoms with Crippen molar-refractivity contribution >= 4 is 39.2 Å². The number of aromatic nitrogens is 6. The minimum Gasteiger partial charge on any atom is -0.328 e. The van der Waals surface area contributed by atoms with Crippen molar-refractivity contribution in [3.05, 3.63) is 60.4 Å². The first-order chi connectivity index (χ1) is 13.9. The molecule has 0 saturated carbocycles. The molecule has 4 aromatic rings. The molecular formula is C18H20N6O3S2. The van der Waals surface area contributed by atoms with Crippen LogP contribution in [-0.2, 0) is 26.4 Å². The Morgan fingerprint density at radius 1 is 1.21 bits per heavy atom. The van der Waals surface area contributed by atoms with Crippen LogP contribution in [0.2, 0.25) is 0 Å². The van der Waals surface area contributed by atoms with Crippen molar-refractivity contribution in [2.75, 3.05) is 5.75 Å². The highest BCUT2D eigenvalue weighted by atomic mass is 32.2. The number of fused-ring (bicyclic) bond motifs is 2. The molecule has 9 nitrogen and oxygen atoms in total. The molecule has 0 N–H and O–H groups in total. The summed E-state index contributed by atoms with van der Waals surface area (Å²) in [6.07, 6.45) is 2.19. The monoisotopic (exact) mass is 432 g/mol. The number of thioether (sulfide) groups is 1. The molecule has 0 aliphatic carbocycles. The van der Waals surface area contributed by atoms with Gasteiger partial charge in [0.2, 0.25) is 0 Å². The lowest BCUT2D eigenvalue weighted by Gasteiger charge is -2.08. The van der Waals surface area contributed by atoms with Gasteiger partial charge < -0.3 is 4.57 Å². The van der Waals surface area contributed by atoms with Gasteiger partial charge in [-0.25, -0.2) is 14.8 Å². The number of rotatable bonds is 6. The summed E-state index contributed by atoms with van der Waals surface area (Å²) >= 11 is 3.08. The van der Waals surface area contributed by atoms with Gasteiger partial charge >= 0.3 is 5.69 Å². The average Bonchev–Trinajstić information content (AvgIpc) is 3.25. The summed E-state index contributed by atoms with van der Waals surface area (Å²) in [6, 6.07) is 1.57. The van der Waals surface area contributed by atoms with Crippen LogP contribution < -0.4 is 16.8 Å². The van der Waals surface area contributed by atoms with E-state index in [9.17, 15) is 14.4 Å². The van der Waals surface area contributed by atoms with E-state index in [-0.39, 0.29) is 16.8 Å². The molecule has 0 fully saturated rings. The predicted octanol–water partition coefficient (Wildman–Crippen LogP) is 1.14. The predicted molar refractivity (Wildman–Crippen MR) is 115 cm³/mol. The van der Waals surface area contributed by atoms with Gasteiger partial charge in [-0.15, -0.1) is 11.3 Å². The summed E-state index contributed by atoms with van der Waals surface area (Å²) in [4.78, 5) is 46.7. The summed E-state index contributed by atoms with van der Waals surface area (Å²) in [5, 5.41) is 1.91. The van der Waals surface area contributed by atoms with E-state index < -0.39 is 0 Å². The van der Waals surface area contributed by atoms with Crippen molar-refractivity contribution in [3.8, 4) is 0 Å². The van der Waals surface area contributed by atoms with Crippen LogP contribution >= 0.6 is 23.1 Å². The van der Waals surface area contributed by atoms with Crippen LogP contribution in [0.25, 0.3) is 16.1 Å². The fourth-order valence-electron chi connectivity index (χ4n) is 3.27. The lowest BCUT2D eigenvalue weighted by atomic mass is 10.4. The maximum atomic E-state index is 12.7. The van der Waals surface area contributed by atoms with Gasteiger partial charge in [0.1, 0.15) is 0 Å². The van der Waals surface area contributed by atoms with Crippen molar-refractivity contribution < 1.29 is 0 Å². The fourth-order valence-corrected chi connectivity index (χ4v) is 5.00. The lowest BCUT2D eigenvalue weighted by Crippen LogP contribution is -2.39. The molecule has 0 amide bonds. The number of imidazole rings is 1. The first kappa shape index (κ1) is 19.6. The van der Waals surface area contributed by atoms with Crippen LogP contribution in [-0.4, -0.2) is 33.8 Å². The molecule has 4 heterocycles. The smallest absolute Gasteiger partial charge is 0.328 e. The molecule has 29 heavy (non-hydrogen) atoms. The van der Waals surface area contributed by atoms with Crippen LogP contribution in [0.1, 0.15) is 17.8 Å². The largest absolute Gasteiger partial charge is 0.332 e. The summed E-state index contributed by atoms with van der Waals surface area (Å²) < 4.78 is 5.90. The normalized spacial score (nSPS) is 11.7. The van der Waals surface area contributed by atoms with E-state index >= 15 is 0 Å². The zero-order valence-electron chi connectivity index (χ0n) is 16.3. The Morgan fingerprint density at radius 2 is 2.00 bits per heavy atom. The third kappa shape index (κ3) is 3.44. The van der Waals surface area contributed by atoms with Gasteiger partial charge in [-0.2, -0.15) is 11.8 Å². The molecule has 0 saturated heterocycles. The van der Waals surface area contributed by atoms with Gasteiger partial charge in [0.05, 0.1) is 12.0 Å². The maximum absolute atomic E-state index is 12.7. The standard InChI is InChI=1S/C18H20N6O3S2/c1-11-8-29-17-20-12(7-13(25)24(11)17)9-28-6-4-5-23-16(26)14-15(19-10-21(14)2)22(3)18(23)27/h7-8,10H,4-6,9H2,1-3H3. The van der Waals surface area contributed by atoms with Crippen molar-refractivity contribution in [1.82, 2.24) is 28.1 Å². The zero-order valence-corrected chi connectivity index (χ0v) is 17.9. The Kier molecular flexibility index (Phi) is 5.17. The van der Waals surface area contributed by atoms with E-state index in [0.29, 0.717) is 34.8 Å². The number of thiazole rings is 1. The second kappa shape index (κ2) is 7.64. The molecule has 11 heteroatoms. The average molecular weight is 433 g/mol. The van der Waals surface area contributed by atoms with Crippen LogP contribution in [0.4, 0.5) is 0 Å². The highest BCUT2D eigenvalue weighted by molar-refractivity contribution is 7.98. The van der Waals surface area contributed by atoms with Crippen molar-refractivity contribution in [2.24, 2.45) is 14.1 Å². The fraction of sp³-hybridized carbons (Fsp3) is 0.389. The molecule has 0 aliphatic rings. The van der Waals surface area contributed by atoms with E-state index in [1.807, 2.05) is 12.3 Å². The van der Waals surface area contributed by atoms with Gasteiger partial charge in [0.15, 0.2) is 16.1 Å². The van der Waals surface area contributed by atoms with Crippen LogP contribution in [0.15, 0.2) is 32.2 Å². The van der Waals surface area contributed by atoms with Crippen LogP contribution in [0, 0.1) is 6.92 Å². The summed E-state index contributed by atoms with van der Waals surface area (Å²) in [6.45, 7) is 2.22. The molecule has 0 unspecified atom stereocenters. The molecule has 0 spiro atoms. The molecule has 0 aromatic carbocycles. The van der Waals surface area contributed by atoms with Gasteiger partial charge in [-0.05, 0) is 19.1 Å². The SMILES string of the molecule is Cc1csc2nc(CSCCCn3c(=O)c4c(ncn4C)n(C)c3=O)cc(=O)n12. The van der Waals surface area contributed by atoms with Crippen LogP contribution in [0.3, 0.4) is 0 Å². The molecular weight excluding hydrogens is 412 g/mol. The summed E-state index contributed by atoms with van der Waals surface area (Å²) in [5.41, 5.74) is 1.70. The topological polar surface area (TPSA) is 96.2 Å². The Bertz CT molecular complexity index is 1390.